The summed E-state index contributed by atoms with van der Waals surface area (Å²) in [6, 6.07) is 9.83. The Morgan fingerprint density at radius 1 is 1.17 bits per heavy atom. The summed E-state index contributed by atoms with van der Waals surface area (Å²) < 4.78 is 30.6. The molecule has 0 spiro atoms. The second-order valence-electron chi connectivity index (χ2n) is 3.79. The molecule has 92 valence electrons. The van der Waals surface area contributed by atoms with Crippen LogP contribution in [0.25, 0.3) is 11.0 Å². The molecule has 0 aliphatic carbocycles. The molecule has 6 nitrogen and oxygen atoms in total. The average molecular weight is 263 g/mol. The van der Waals surface area contributed by atoms with E-state index in [4.69, 9.17) is 4.42 Å². The van der Waals surface area contributed by atoms with E-state index in [-0.39, 0.29) is 5.09 Å². The summed E-state index contributed by atoms with van der Waals surface area (Å²) in [7, 11) is -3.83. The highest BCUT2D eigenvalue weighted by Gasteiger charge is 2.24. The molecular formula is C11H9N3O3S. The average Bonchev–Trinajstić information content (AvgIpc) is 2.95. The predicted octanol–water partition coefficient (Wildman–Crippen LogP) is 1.57. The summed E-state index contributed by atoms with van der Waals surface area (Å²) in [5.41, 5.74) is 0.941. The molecule has 0 aliphatic heterocycles. The molecule has 7 heteroatoms. The van der Waals surface area contributed by atoms with Gasteiger partial charge in [-0.05, 0) is 31.2 Å². The molecule has 0 radical (unpaired) electrons. The van der Waals surface area contributed by atoms with Crippen LogP contribution < -0.4 is 0 Å². The van der Waals surface area contributed by atoms with Crippen molar-refractivity contribution in [3.8, 4) is 0 Å². The molecule has 0 fully saturated rings. The largest absolute Gasteiger partial charge is 0.448 e. The third kappa shape index (κ3) is 1.52. The van der Waals surface area contributed by atoms with Crippen LogP contribution in [0.5, 0.6) is 0 Å². The Morgan fingerprint density at radius 2 is 1.94 bits per heavy atom. The Bertz CT molecular complexity index is 817. The minimum atomic E-state index is -3.83. The molecule has 18 heavy (non-hydrogen) atoms. The first-order chi connectivity index (χ1) is 8.59. The summed E-state index contributed by atoms with van der Waals surface area (Å²) in [4.78, 5) is 0. The van der Waals surface area contributed by atoms with Crippen LogP contribution in [0.3, 0.4) is 0 Å². The van der Waals surface area contributed by atoms with Crippen LogP contribution >= 0.6 is 0 Å². The molecule has 2 heterocycles. The van der Waals surface area contributed by atoms with E-state index in [1.807, 2.05) is 0 Å². The molecule has 0 unspecified atom stereocenters. The van der Waals surface area contributed by atoms with Crippen molar-refractivity contribution in [1.82, 2.24) is 14.4 Å². The molecule has 3 rings (SSSR count). The number of fused-ring (bicyclic) bond motifs is 1. The van der Waals surface area contributed by atoms with Gasteiger partial charge in [-0.2, -0.15) is 8.42 Å². The number of hydrogen-bond donors (Lipinski definition) is 0. The maximum atomic E-state index is 12.3. The smallest absolute Gasteiger partial charge is 0.318 e. The Balaban J connectivity index is 2.26. The quantitative estimate of drug-likeness (QED) is 0.701. The van der Waals surface area contributed by atoms with Gasteiger partial charge in [-0.3, -0.25) is 0 Å². The van der Waals surface area contributed by atoms with Crippen LogP contribution in [-0.4, -0.2) is 22.8 Å². The maximum Gasteiger partial charge on any atom is 0.318 e. The minimum absolute atomic E-state index is 0.143. The van der Waals surface area contributed by atoms with Crippen molar-refractivity contribution in [3.63, 3.8) is 0 Å². The monoisotopic (exact) mass is 263 g/mol. The molecule has 0 aliphatic rings. The fourth-order valence-corrected chi connectivity index (χ4v) is 2.85. The second-order valence-corrected chi connectivity index (χ2v) is 5.49. The SMILES string of the molecule is Cc1ccc(S(=O)(=O)n2nnc3ccccc32)o1. The van der Waals surface area contributed by atoms with Gasteiger partial charge in [0.2, 0.25) is 5.09 Å². The van der Waals surface area contributed by atoms with E-state index >= 15 is 0 Å². The highest BCUT2D eigenvalue weighted by molar-refractivity contribution is 7.89. The first-order valence-electron chi connectivity index (χ1n) is 5.21. The summed E-state index contributed by atoms with van der Waals surface area (Å²) in [6.45, 7) is 1.68. The minimum Gasteiger partial charge on any atom is -0.448 e. The summed E-state index contributed by atoms with van der Waals surface area (Å²) in [6.07, 6.45) is 0. The van der Waals surface area contributed by atoms with E-state index in [1.165, 1.54) is 6.07 Å². The normalized spacial score (nSPS) is 12.1. The number of para-hydroxylation sites is 1. The van der Waals surface area contributed by atoms with Crippen molar-refractivity contribution < 1.29 is 12.8 Å². The van der Waals surface area contributed by atoms with E-state index in [0.29, 0.717) is 16.8 Å². The van der Waals surface area contributed by atoms with Crippen molar-refractivity contribution in [2.45, 2.75) is 12.0 Å². The fraction of sp³-hybridized carbons (Fsp3) is 0.0909. The molecule has 0 amide bonds. The predicted molar refractivity (Wildman–Crippen MR) is 63.6 cm³/mol. The van der Waals surface area contributed by atoms with Gasteiger partial charge in [0.25, 0.3) is 0 Å². The lowest BCUT2D eigenvalue weighted by atomic mass is 10.3. The van der Waals surface area contributed by atoms with E-state index in [9.17, 15) is 8.42 Å². The highest BCUT2D eigenvalue weighted by Crippen LogP contribution is 2.19. The highest BCUT2D eigenvalue weighted by atomic mass is 32.2. The van der Waals surface area contributed by atoms with Crippen molar-refractivity contribution >= 4 is 21.1 Å². The molecule has 0 saturated heterocycles. The van der Waals surface area contributed by atoms with Crippen LogP contribution in [0.4, 0.5) is 0 Å². The molecule has 1 aromatic carbocycles. The van der Waals surface area contributed by atoms with Crippen LogP contribution in [0.1, 0.15) is 5.76 Å². The first kappa shape index (κ1) is 11.0. The molecule has 3 aromatic rings. The number of aryl methyl sites for hydroxylation is 1. The number of hydrogen-bond acceptors (Lipinski definition) is 5. The molecular weight excluding hydrogens is 254 g/mol. The van der Waals surface area contributed by atoms with Gasteiger partial charge in [-0.1, -0.05) is 17.3 Å². The van der Waals surface area contributed by atoms with Crippen LogP contribution in [0.15, 0.2) is 45.9 Å². The molecule has 0 atom stereocenters. The molecule has 2 aromatic heterocycles. The zero-order chi connectivity index (χ0) is 12.8. The zero-order valence-electron chi connectivity index (χ0n) is 9.44. The number of rotatable bonds is 2. The van der Waals surface area contributed by atoms with Crippen molar-refractivity contribution in [3.05, 3.63) is 42.2 Å². The van der Waals surface area contributed by atoms with Crippen LogP contribution in [0, 0.1) is 6.92 Å². The Morgan fingerprint density at radius 3 is 2.67 bits per heavy atom. The maximum absolute atomic E-state index is 12.3. The third-order valence-electron chi connectivity index (χ3n) is 2.52. The summed E-state index contributed by atoms with van der Waals surface area (Å²) in [5, 5.41) is 7.34. The molecule has 0 saturated carbocycles. The topological polar surface area (TPSA) is 78.0 Å². The van der Waals surface area contributed by atoms with Crippen LogP contribution in [-0.2, 0) is 10.0 Å². The number of benzene rings is 1. The summed E-state index contributed by atoms with van der Waals surface area (Å²) >= 11 is 0. The fourth-order valence-electron chi connectivity index (χ4n) is 1.66. The van der Waals surface area contributed by atoms with Gasteiger partial charge in [0.1, 0.15) is 16.8 Å². The van der Waals surface area contributed by atoms with E-state index in [0.717, 1.165) is 4.09 Å². The van der Waals surface area contributed by atoms with E-state index < -0.39 is 10.0 Å². The van der Waals surface area contributed by atoms with Gasteiger partial charge >= 0.3 is 10.0 Å². The second kappa shape index (κ2) is 3.67. The van der Waals surface area contributed by atoms with Crippen molar-refractivity contribution in [1.29, 1.82) is 0 Å². The van der Waals surface area contributed by atoms with Gasteiger partial charge in [0.15, 0.2) is 0 Å². The van der Waals surface area contributed by atoms with Gasteiger partial charge in [0, 0.05) is 0 Å². The lowest BCUT2D eigenvalue weighted by Crippen LogP contribution is -2.13. The number of aromatic nitrogens is 3. The molecule has 0 bridgehead atoms. The third-order valence-corrected chi connectivity index (χ3v) is 3.97. The number of furan rings is 1. The van der Waals surface area contributed by atoms with Gasteiger partial charge < -0.3 is 4.42 Å². The lowest BCUT2D eigenvalue weighted by molar-refractivity contribution is 0.425. The zero-order valence-corrected chi connectivity index (χ0v) is 10.3. The van der Waals surface area contributed by atoms with Crippen molar-refractivity contribution in [2.75, 3.05) is 0 Å². The van der Waals surface area contributed by atoms with Gasteiger partial charge in [0.05, 0.1) is 0 Å². The summed E-state index contributed by atoms with van der Waals surface area (Å²) in [5.74, 6) is 0.526. The Labute approximate surface area is 103 Å². The lowest BCUT2D eigenvalue weighted by Gasteiger charge is -2.00. The Kier molecular flexibility index (Phi) is 2.24. The standard InChI is InChI=1S/C11H9N3O3S/c1-8-6-7-11(17-8)18(15,16)14-10-5-3-2-4-9(10)12-13-14/h2-7H,1H3. The van der Waals surface area contributed by atoms with Gasteiger partial charge in [-0.15, -0.1) is 9.19 Å². The Hall–Kier alpha value is -2.15. The van der Waals surface area contributed by atoms with Crippen LogP contribution in [0.2, 0.25) is 0 Å². The van der Waals surface area contributed by atoms with Gasteiger partial charge in [-0.25, -0.2) is 0 Å². The molecule has 0 N–H and O–H groups in total. The number of nitrogens with zero attached hydrogens (tertiary/aromatic N) is 3. The first-order valence-corrected chi connectivity index (χ1v) is 6.65. The van der Waals surface area contributed by atoms with E-state index in [2.05, 4.69) is 10.3 Å². The van der Waals surface area contributed by atoms with E-state index in [1.54, 1.807) is 37.3 Å². The van der Waals surface area contributed by atoms with Crippen molar-refractivity contribution in [2.24, 2.45) is 0 Å².